The van der Waals surface area contributed by atoms with Crippen LogP contribution in [-0.4, -0.2) is 47.8 Å². The SMILES string of the molecule is CC(C)(COc1ccc2c3nc4nc(nc5[n-]c(nc6n[n+](nc([n-]3)c2c1)-c1c(Cl)c(Cl)c(Cl)c(Cl)c1-6)c1ccccc51)-c1ccccc1-4)C(=O)O.[Cu+2]. The van der Waals surface area contributed by atoms with Gasteiger partial charge in [-0.15, -0.1) is 0 Å². The molecule has 265 valence electrons. The van der Waals surface area contributed by atoms with Gasteiger partial charge in [-0.3, -0.25) is 4.79 Å². The molecule has 3 aromatic heterocycles. The molecule has 1 N–H and O–H groups in total. The standard InChI is InChI=1S/C36H21Cl4N9O3.Cu/c1-36(2,35(50)51)14-52-15-11-12-20-21(13-15)33-45-32(20)44-30-17-8-4-3-7-16(17)28(42-30)41-29-18-9-5-6-10-19(18)31(43-29)46-34-22-23(37)24(38)25(39)26(40)27(22)49(47-33)48-34;/h3-13H,14H2,1-2H3,(H2,41,42,43,44,45,46,47,48,50,51);/q;+2/p-1. The van der Waals surface area contributed by atoms with Crippen molar-refractivity contribution in [2.24, 2.45) is 5.41 Å². The fourth-order valence-corrected chi connectivity index (χ4v) is 6.98. The maximum atomic E-state index is 11.8. The zero-order chi connectivity index (χ0) is 36.1. The van der Waals surface area contributed by atoms with Gasteiger partial charge in [-0.1, -0.05) is 100 Å². The van der Waals surface area contributed by atoms with Crippen molar-refractivity contribution in [3.05, 3.63) is 86.8 Å². The molecule has 7 aromatic rings. The van der Waals surface area contributed by atoms with Crippen molar-refractivity contribution in [2.45, 2.75) is 13.8 Å². The quantitative estimate of drug-likeness (QED) is 0.0798. The van der Waals surface area contributed by atoms with Crippen LogP contribution in [-0.2, 0) is 21.9 Å². The first-order valence-corrected chi connectivity index (χ1v) is 17.2. The second-order valence-corrected chi connectivity index (χ2v) is 14.2. The monoisotopic (exact) mass is 829 g/mol. The number of aromatic nitrogens is 9. The number of ether oxygens (including phenoxy) is 1. The number of aliphatic carboxylic acids is 1. The van der Waals surface area contributed by atoms with Crippen molar-refractivity contribution >= 4 is 96.5 Å². The number of halogens is 4. The third-order valence-corrected chi connectivity index (χ3v) is 10.6. The number of carbonyl (C=O) groups is 1. The van der Waals surface area contributed by atoms with Crippen molar-refractivity contribution in [3.8, 4) is 45.6 Å². The maximum absolute atomic E-state index is 11.8. The average Bonchev–Trinajstić information content (AvgIpc) is 3.87. The van der Waals surface area contributed by atoms with Gasteiger partial charge >= 0.3 is 23.0 Å². The van der Waals surface area contributed by atoms with E-state index in [1.165, 1.54) is 4.80 Å². The van der Waals surface area contributed by atoms with E-state index < -0.39 is 11.4 Å². The summed E-state index contributed by atoms with van der Waals surface area (Å²) in [6, 6.07) is 20.4. The zero-order valence-corrected chi connectivity index (χ0v) is 31.1. The molecule has 0 unspecified atom stereocenters. The number of rotatable bonds is 4. The van der Waals surface area contributed by atoms with Gasteiger partial charge < -0.3 is 34.8 Å². The Labute approximate surface area is 329 Å². The summed E-state index contributed by atoms with van der Waals surface area (Å²) in [4.78, 5) is 42.2. The van der Waals surface area contributed by atoms with E-state index in [1.807, 2.05) is 48.5 Å². The summed E-state index contributed by atoms with van der Waals surface area (Å²) >= 11 is 26.8. The van der Waals surface area contributed by atoms with Crippen molar-refractivity contribution in [2.75, 3.05) is 6.61 Å². The van der Waals surface area contributed by atoms with Gasteiger partial charge in [0.05, 0.1) is 37.8 Å². The minimum Gasteiger partial charge on any atom is -0.492 e. The molecule has 0 fully saturated rings. The van der Waals surface area contributed by atoms with Gasteiger partial charge in [0.15, 0.2) is 5.82 Å². The molecular formula is C36H20Cl4CuN9O3+. The summed E-state index contributed by atoms with van der Waals surface area (Å²) in [6.45, 7) is 3.07. The van der Waals surface area contributed by atoms with Gasteiger partial charge in [0, 0.05) is 43.3 Å². The molecule has 4 aromatic carbocycles. The Bertz CT molecular complexity index is 2900. The van der Waals surface area contributed by atoms with Crippen LogP contribution in [0.1, 0.15) is 13.8 Å². The Hall–Kier alpha value is -4.88. The smallest absolute Gasteiger partial charge is 0.492 e. The number of carboxylic acids is 1. The molecule has 0 amide bonds. The van der Waals surface area contributed by atoms with Crippen molar-refractivity contribution in [1.29, 1.82) is 0 Å². The van der Waals surface area contributed by atoms with Crippen LogP contribution in [0.3, 0.4) is 0 Å². The fraction of sp³-hybridized carbons (Fsp3) is 0.111. The molecule has 53 heavy (non-hydrogen) atoms. The van der Waals surface area contributed by atoms with Crippen LogP contribution in [0.15, 0.2) is 66.7 Å². The van der Waals surface area contributed by atoms with Gasteiger partial charge in [0.2, 0.25) is 0 Å². The second-order valence-electron chi connectivity index (χ2n) is 12.7. The molecular weight excluding hydrogens is 812 g/mol. The predicted octanol–water partition coefficient (Wildman–Crippen LogP) is 7.84. The molecule has 0 aliphatic carbocycles. The van der Waals surface area contributed by atoms with Crippen LogP contribution >= 0.6 is 46.4 Å². The second kappa shape index (κ2) is 12.9. The van der Waals surface area contributed by atoms with Crippen LogP contribution in [0, 0.1) is 5.41 Å². The topological polar surface area (TPSA) is 156 Å². The molecule has 0 atom stereocenters. The third kappa shape index (κ3) is 5.67. The Morgan fingerprint density at radius 2 is 1.25 bits per heavy atom. The van der Waals surface area contributed by atoms with E-state index >= 15 is 0 Å². The summed E-state index contributed by atoms with van der Waals surface area (Å²) in [5.74, 6) is 0.320. The zero-order valence-electron chi connectivity index (χ0n) is 27.2. The largest absolute Gasteiger partial charge is 2.00 e. The molecule has 0 saturated carbocycles. The van der Waals surface area contributed by atoms with E-state index in [1.54, 1.807) is 32.0 Å². The summed E-state index contributed by atoms with van der Waals surface area (Å²) < 4.78 is 5.95. The Morgan fingerprint density at radius 3 is 1.87 bits per heavy atom. The Kier molecular flexibility index (Phi) is 8.56. The van der Waals surface area contributed by atoms with Gasteiger partial charge in [-0.2, -0.15) is 0 Å². The molecule has 12 nitrogen and oxygen atoms in total. The van der Waals surface area contributed by atoms with Crippen molar-refractivity contribution in [1.82, 2.24) is 40.1 Å². The summed E-state index contributed by atoms with van der Waals surface area (Å²) in [5.41, 5.74) is 2.09. The summed E-state index contributed by atoms with van der Waals surface area (Å²) in [6.07, 6.45) is 0. The van der Waals surface area contributed by atoms with Gasteiger partial charge in [-0.05, 0) is 48.2 Å². The molecule has 1 radical (unpaired) electrons. The maximum Gasteiger partial charge on any atom is 2.00 e. The van der Waals surface area contributed by atoms with Gasteiger partial charge in [-0.25, -0.2) is 4.98 Å². The van der Waals surface area contributed by atoms with E-state index in [0.717, 1.165) is 16.5 Å². The third-order valence-electron chi connectivity index (χ3n) is 8.78. The first kappa shape index (κ1) is 35.2. The number of nitrogens with zero attached hydrogens (tertiary/aromatic N) is 9. The van der Waals surface area contributed by atoms with Crippen LogP contribution in [0.5, 0.6) is 5.75 Å². The first-order valence-electron chi connectivity index (χ1n) is 15.7. The molecule has 17 heteroatoms. The van der Waals surface area contributed by atoms with E-state index in [2.05, 4.69) is 0 Å². The van der Waals surface area contributed by atoms with E-state index in [0.29, 0.717) is 50.5 Å². The average molecular weight is 832 g/mol. The fourth-order valence-electron chi connectivity index (χ4n) is 5.97. The summed E-state index contributed by atoms with van der Waals surface area (Å²) in [7, 11) is 0. The number of fused-ring (bicyclic) bond motifs is 20. The van der Waals surface area contributed by atoms with Crippen LogP contribution in [0.25, 0.3) is 84.0 Å². The molecule has 9 rings (SSSR count). The molecule has 8 bridgehead atoms. The number of carboxylic acid groups (broad SMARTS) is 1. The number of hydrogen-bond acceptors (Lipinski definition) is 8. The van der Waals surface area contributed by atoms with E-state index in [4.69, 9.17) is 91.2 Å². The minimum absolute atomic E-state index is 0. The normalized spacial score (nSPS) is 12.0. The molecule has 0 saturated heterocycles. The Morgan fingerprint density at radius 1 is 0.698 bits per heavy atom. The minimum atomic E-state index is -1.14. The predicted molar refractivity (Wildman–Crippen MR) is 197 cm³/mol. The van der Waals surface area contributed by atoms with Crippen LogP contribution in [0.2, 0.25) is 20.1 Å². The van der Waals surface area contributed by atoms with E-state index in [9.17, 15) is 9.90 Å². The molecule has 5 heterocycles. The molecule has 2 aliphatic heterocycles. The van der Waals surface area contributed by atoms with Gasteiger partial charge in [0.1, 0.15) is 22.9 Å². The Balaban J connectivity index is 0.00000400. The van der Waals surface area contributed by atoms with Crippen LogP contribution in [0.4, 0.5) is 0 Å². The van der Waals surface area contributed by atoms with Crippen LogP contribution < -0.4 is 19.5 Å². The number of hydrogen-bond donors (Lipinski definition) is 1. The van der Waals surface area contributed by atoms with Crippen molar-refractivity contribution in [3.63, 3.8) is 0 Å². The molecule has 0 spiro atoms. The molecule has 2 aliphatic rings. The summed E-state index contributed by atoms with van der Waals surface area (Å²) in [5, 5.41) is 21.9. The van der Waals surface area contributed by atoms with Gasteiger partial charge in [0.25, 0.3) is 5.69 Å². The first-order chi connectivity index (χ1) is 25.0. The van der Waals surface area contributed by atoms with E-state index in [-0.39, 0.29) is 66.5 Å². The van der Waals surface area contributed by atoms with Crippen molar-refractivity contribution < 1.29 is 36.5 Å². The number of benzene rings is 4.